The zero-order valence-corrected chi connectivity index (χ0v) is 11.1. The number of nitrogens with zero attached hydrogens (tertiary/aromatic N) is 3. The summed E-state index contributed by atoms with van der Waals surface area (Å²) in [6.45, 7) is 6.83. The molecule has 1 saturated heterocycles. The molecule has 0 amide bonds. The van der Waals surface area contributed by atoms with Crippen molar-refractivity contribution in [1.82, 2.24) is 9.97 Å². The number of aromatic nitrogens is 2. The zero-order valence-electron chi connectivity index (χ0n) is 11.1. The van der Waals surface area contributed by atoms with Crippen molar-refractivity contribution in [2.24, 2.45) is 5.92 Å². The molecule has 1 aliphatic rings. The van der Waals surface area contributed by atoms with Crippen LogP contribution in [0.5, 0.6) is 0 Å². The van der Waals surface area contributed by atoms with Crippen LogP contribution in [0.1, 0.15) is 33.1 Å². The third kappa shape index (κ3) is 3.09. The molecule has 0 radical (unpaired) electrons. The maximum atomic E-state index is 13.8. The highest BCUT2D eigenvalue weighted by atomic mass is 19.1. The van der Waals surface area contributed by atoms with Crippen molar-refractivity contribution in [2.75, 3.05) is 29.9 Å². The van der Waals surface area contributed by atoms with Crippen molar-refractivity contribution < 1.29 is 4.39 Å². The lowest BCUT2D eigenvalue weighted by atomic mass is 10.0. The van der Waals surface area contributed by atoms with Crippen LogP contribution in [0, 0.1) is 11.7 Å². The summed E-state index contributed by atoms with van der Waals surface area (Å²) >= 11 is 0. The van der Waals surface area contributed by atoms with Crippen LogP contribution in [0.2, 0.25) is 0 Å². The Kier molecular flexibility index (Phi) is 4.33. The van der Waals surface area contributed by atoms with Crippen molar-refractivity contribution in [3.05, 3.63) is 12.0 Å². The largest absolute Gasteiger partial charge is 0.354 e. The Bertz CT molecular complexity index is 397. The summed E-state index contributed by atoms with van der Waals surface area (Å²) in [5, 5.41) is 3.10. The lowest BCUT2D eigenvalue weighted by Crippen LogP contribution is -2.35. The van der Waals surface area contributed by atoms with Gasteiger partial charge in [0, 0.05) is 19.6 Å². The summed E-state index contributed by atoms with van der Waals surface area (Å²) in [7, 11) is 0. The number of rotatable bonds is 4. The Labute approximate surface area is 108 Å². The average molecular weight is 252 g/mol. The van der Waals surface area contributed by atoms with Crippen LogP contribution in [0.4, 0.5) is 16.2 Å². The van der Waals surface area contributed by atoms with Gasteiger partial charge in [0.1, 0.15) is 0 Å². The molecule has 2 heterocycles. The van der Waals surface area contributed by atoms with Crippen LogP contribution >= 0.6 is 0 Å². The molecular weight excluding hydrogens is 231 g/mol. The number of piperidine rings is 1. The van der Waals surface area contributed by atoms with Gasteiger partial charge in [-0.1, -0.05) is 13.8 Å². The SMILES string of the molecule is CCCNc1ncc(F)c(N2CCCC(C)C2)n1. The second-order valence-electron chi connectivity index (χ2n) is 4.99. The van der Waals surface area contributed by atoms with Gasteiger partial charge in [0.15, 0.2) is 11.6 Å². The highest BCUT2D eigenvalue weighted by Gasteiger charge is 2.21. The number of halogens is 1. The summed E-state index contributed by atoms with van der Waals surface area (Å²) < 4.78 is 13.8. The molecule has 1 N–H and O–H groups in total. The van der Waals surface area contributed by atoms with Crippen molar-refractivity contribution in [3.63, 3.8) is 0 Å². The van der Waals surface area contributed by atoms with Crippen LogP contribution in [-0.2, 0) is 0 Å². The van der Waals surface area contributed by atoms with Gasteiger partial charge in [-0.25, -0.2) is 9.37 Å². The molecule has 18 heavy (non-hydrogen) atoms. The molecule has 0 saturated carbocycles. The number of hydrogen-bond acceptors (Lipinski definition) is 4. The Morgan fingerprint density at radius 3 is 3.11 bits per heavy atom. The van der Waals surface area contributed by atoms with E-state index in [4.69, 9.17) is 0 Å². The minimum Gasteiger partial charge on any atom is -0.354 e. The van der Waals surface area contributed by atoms with Gasteiger partial charge in [0.2, 0.25) is 5.95 Å². The Morgan fingerprint density at radius 1 is 1.56 bits per heavy atom. The first-order valence-electron chi connectivity index (χ1n) is 6.72. The zero-order chi connectivity index (χ0) is 13.0. The lowest BCUT2D eigenvalue weighted by molar-refractivity contribution is 0.438. The fourth-order valence-corrected chi connectivity index (χ4v) is 2.28. The fraction of sp³-hybridized carbons (Fsp3) is 0.692. The molecule has 0 aromatic carbocycles. The van der Waals surface area contributed by atoms with Crippen LogP contribution in [-0.4, -0.2) is 29.6 Å². The van der Waals surface area contributed by atoms with Gasteiger partial charge in [0.25, 0.3) is 0 Å². The standard InChI is InChI=1S/C13H21FN4/c1-3-6-15-13-16-8-11(14)12(17-13)18-7-4-5-10(2)9-18/h8,10H,3-7,9H2,1-2H3,(H,15,16,17). The van der Waals surface area contributed by atoms with E-state index in [2.05, 4.69) is 29.1 Å². The maximum Gasteiger partial charge on any atom is 0.224 e. The van der Waals surface area contributed by atoms with E-state index in [0.29, 0.717) is 17.7 Å². The normalized spacial score (nSPS) is 19.9. The van der Waals surface area contributed by atoms with Crippen LogP contribution in [0.25, 0.3) is 0 Å². The van der Waals surface area contributed by atoms with Gasteiger partial charge < -0.3 is 10.2 Å². The van der Waals surface area contributed by atoms with E-state index in [1.807, 2.05) is 4.90 Å². The smallest absolute Gasteiger partial charge is 0.224 e. The van der Waals surface area contributed by atoms with E-state index >= 15 is 0 Å². The topological polar surface area (TPSA) is 41.1 Å². The number of nitrogens with one attached hydrogen (secondary N) is 1. The number of anilines is 2. The second-order valence-corrected chi connectivity index (χ2v) is 4.99. The Hall–Kier alpha value is -1.39. The van der Waals surface area contributed by atoms with Crippen molar-refractivity contribution >= 4 is 11.8 Å². The van der Waals surface area contributed by atoms with E-state index in [1.165, 1.54) is 12.6 Å². The second kappa shape index (κ2) is 5.98. The maximum absolute atomic E-state index is 13.8. The Morgan fingerprint density at radius 2 is 2.39 bits per heavy atom. The van der Waals surface area contributed by atoms with Crippen molar-refractivity contribution in [3.8, 4) is 0 Å². The molecular formula is C13H21FN4. The first kappa shape index (κ1) is 13.1. The molecule has 1 aliphatic heterocycles. The minimum absolute atomic E-state index is 0.328. The molecule has 1 aromatic heterocycles. The summed E-state index contributed by atoms with van der Waals surface area (Å²) in [5.74, 6) is 1.23. The molecule has 4 nitrogen and oxygen atoms in total. The summed E-state index contributed by atoms with van der Waals surface area (Å²) in [5.41, 5.74) is 0. The molecule has 1 aromatic rings. The molecule has 2 rings (SSSR count). The quantitative estimate of drug-likeness (QED) is 0.894. The molecule has 0 spiro atoms. The molecule has 1 fully saturated rings. The van der Waals surface area contributed by atoms with Gasteiger partial charge in [-0.3, -0.25) is 0 Å². The van der Waals surface area contributed by atoms with E-state index in [9.17, 15) is 4.39 Å². The molecule has 100 valence electrons. The van der Waals surface area contributed by atoms with E-state index < -0.39 is 0 Å². The van der Waals surface area contributed by atoms with Gasteiger partial charge in [0.05, 0.1) is 6.20 Å². The first-order chi connectivity index (χ1) is 8.70. The van der Waals surface area contributed by atoms with Gasteiger partial charge in [-0.15, -0.1) is 0 Å². The van der Waals surface area contributed by atoms with Crippen molar-refractivity contribution in [2.45, 2.75) is 33.1 Å². The summed E-state index contributed by atoms with van der Waals surface area (Å²) in [4.78, 5) is 10.3. The highest BCUT2D eigenvalue weighted by molar-refractivity contribution is 5.44. The Balaban J connectivity index is 2.14. The third-order valence-corrected chi connectivity index (χ3v) is 3.22. The van der Waals surface area contributed by atoms with E-state index in [-0.39, 0.29) is 5.82 Å². The van der Waals surface area contributed by atoms with Crippen LogP contribution in [0.3, 0.4) is 0 Å². The highest BCUT2D eigenvalue weighted by Crippen LogP contribution is 2.24. The number of hydrogen-bond donors (Lipinski definition) is 1. The molecule has 5 heteroatoms. The summed E-state index contributed by atoms with van der Waals surface area (Å²) in [6, 6.07) is 0. The first-order valence-corrected chi connectivity index (χ1v) is 6.72. The molecule has 0 bridgehead atoms. The van der Waals surface area contributed by atoms with Crippen molar-refractivity contribution in [1.29, 1.82) is 0 Å². The van der Waals surface area contributed by atoms with E-state index in [0.717, 1.165) is 32.5 Å². The monoisotopic (exact) mass is 252 g/mol. The molecule has 1 unspecified atom stereocenters. The molecule has 1 atom stereocenters. The van der Waals surface area contributed by atoms with Gasteiger partial charge in [-0.05, 0) is 25.2 Å². The van der Waals surface area contributed by atoms with E-state index in [1.54, 1.807) is 0 Å². The lowest BCUT2D eigenvalue weighted by Gasteiger charge is -2.32. The predicted molar refractivity (Wildman–Crippen MR) is 71.4 cm³/mol. The summed E-state index contributed by atoms with van der Waals surface area (Å²) in [6.07, 6.45) is 4.57. The van der Waals surface area contributed by atoms with Crippen LogP contribution in [0.15, 0.2) is 6.20 Å². The average Bonchev–Trinajstić information content (AvgIpc) is 2.38. The fourth-order valence-electron chi connectivity index (χ4n) is 2.28. The molecule has 0 aliphatic carbocycles. The minimum atomic E-state index is -0.328. The third-order valence-electron chi connectivity index (χ3n) is 3.22. The predicted octanol–water partition coefficient (Wildman–Crippen LogP) is 2.67. The van der Waals surface area contributed by atoms with Crippen LogP contribution < -0.4 is 10.2 Å². The van der Waals surface area contributed by atoms with Gasteiger partial charge in [-0.2, -0.15) is 4.98 Å². The van der Waals surface area contributed by atoms with Gasteiger partial charge >= 0.3 is 0 Å².